The number of hydrogen-bond acceptors (Lipinski definition) is 17. The normalized spacial score (nSPS) is 58.4. The quantitative estimate of drug-likeness (QED) is 0.152. The van der Waals surface area contributed by atoms with Gasteiger partial charge < -0.3 is 83.9 Å². The third-order valence-corrected chi connectivity index (χ3v) is 17.5. The second-order valence-corrected chi connectivity index (χ2v) is 20.8. The van der Waals surface area contributed by atoms with Crippen LogP contribution in [0.25, 0.3) is 0 Å². The van der Waals surface area contributed by atoms with Crippen LogP contribution in [0.4, 0.5) is 0 Å². The molecule has 348 valence electrons. The molecule has 9 N–H and O–H groups in total. The Kier molecular flexibility index (Phi) is 12.2. The van der Waals surface area contributed by atoms with Gasteiger partial charge in [-0.25, -0.2) is 0 Å². The van der Waals surface area contributed by atoms with Gasteiger partial charge in [0.1, 0.15) is 61.0 Å². The zero-order chi connectivity index (χ0) is 43.6. The lowest BCUT2D eigenvalue weighted by molar-refractivity contribution is -0.385. The van der Waals surface area contributed by atoms with Gasteiger partial charge in [-0.2, -0.15) is 0 Å². The molecule has 9 aliphatic rings. The van der Waals surface area contributed by atoms with Crippen molar-refractivity contribution in [2.75, 3.05) is 19.8 Å². The van der Waals surface area contributed by atoms with E-state index in [0.717, 1.165) is 38.5 Å². The number of hydrogen-bond donors (Lipinski definition) is 9. The number of rotatable bonds is 7. The number of ether oxygens (including phenoxy) is 8. The Hall–Kier alpha value is -0.940. The largest absolute Gasteiger partial charge is 0.394 e. The molecule has 0 aromatic rings. The molecule has 17 heteroatoms. The molecule has 5 saturated heterocycles. The molecule has 17 nitrogen and oxygen atoms in total. The van der Waals surface area contributed by atoms with E-state index in [1.807, 2.05) is 0 Å². The average Bonchev–Trinajstić information content (AvgIpc) is 3.63. The van der Waals surface area contributed by atoms with Crippen molar-refractivity contribution in [1.82, 2.24) is 0 Å². The molecule has 4 aliphatic carbocycles. The van der Waals surface area contributed by atoms with Gasteiger partial charge in [-0.3, -0.25) is 0 Å². The van der Waals surface area contributed by atoms with Gasteiger partial charge in [-0.15, -0.1) is 0 Å². The molecule has 3 saturated carbocycles. The van der Waals surface area contributed by atoms with E-state index < -0.39 is 110 Å². The number of aliphatic hydroxyl groups excluding tert-OH is 8. The summed E-state index contributed by atoms with van der Waals surface area (Å²) >= 11 is 0. The van der Waals surface area contributed by atoms with Crippen molar-refractivity contribution in [2.45, 2.75) is 202 Å². The maximum absolute atomic E-state index is 13.0. The lowest BCUT2D eigenvalue weighted by atomic mass is 9.45. The molecular weight excluding hydrogens is 800 g/mol. The first kappa shape index (κ1) is 45.2. The molecular formula is C44H70O17. The summed E-state index contributed by atoms with van der Waals surface area (Å²) in [4.78, 5) is 0. The SMILES string of the molecule is C[C@@H]1CC[C@]2(OC1)O[C@@H]1C[C@]3(O)[C@H]4CC=C5C[C@@H](O[C@H]6O[C@@H](CO)[C@H](O[C@@H]7OC[C@@H](O)[C@H](O)[C@@H]7O)[C@@H](O)[C@@H]6O[C@@H]6O[C@H](C)[C@@H](O)[C@@H](O)[C@H]6O)CC[C@@]5(C)[C@@H]4CC[C@@]3(C)[C@@H]1[C@H]2C. The van der Waals surface area contributed by atoms with Crippen molar-refractivity contribution < 1.29 is 83.9 Å². The van der Waals surface area contributed by atoms with Crippen molar-refractivity contribution in [2.24, 2.45) is 40.4 Å². The van der Waals surface area contributed by atoms with Gasteiger partial charge in [0.25, 0.3) is 0 Å². The standard InChI is InChI=1S/C44H70O17/c1-19-8-13-44(55-17-19)20(2)29-27(61-44)15-43(53)25-7-6-22-14-23(9-11-41(22,4)24(25)10-12-42(29,43)5)57-40-37(60-39-34(51)32(49)30(47)21(3)56-39)35(52)36(28(16-45)58-40)59-38-33(50)31(48)26(46)18-54-38/h6,19-21,23-40,45-53H,7-18H2,1-5H3/t19-,20-,21-,23+,24-,25+,26-,27-,28+,29-,30-,31+,32-,33+,34-,35-,36+,37+,38+,39+,40+,41-,42+,43+,44+/m1/s1. The van der Waals surface area contributed by atoms with Crippen LogP contribution in [0.2, 0.25) is 0 Å². The molecule has 1 spiro atoms. The van der Waals surface area contributed by atoms with E-state index in [2.05, 4.69) is 33.8 Å². The molecule has 5 heterocycles. The summed E-state index contributed by atoms with van der Waals surface area (Å²) in [7, 11) is 0. The Morgan fingerprint density at radius 2 is 1.48 bits per heavy atom. The summed E-state index contributed by atoms with van der Waals surface area (Å²) in [5.74, 6) is 0.647. The third kappa shape index (κ3) is 7.14. The summed E-state index contributed by atoms with van der Waals surface area (Å²) in [5.41, 5.74) is -0.160. The van der Waals surface area contributed by atoms with Crippen LogP contribution in [0.5, 0.6) is 0 Å². The second-order valence-electron chi connectivity index (χ2n) is 20.8. The highest BCUT2D eigenvalue weighted by molar-refractivity contribution is 5.29. The van der Waals surface area contributed by atoms with E-state index in [9.17, 15) is 46.0 Å². The van der Waals surface area contributed by atoms with Crippen molar-refractivity contribution in [3.8, 4) is 0 Å². The summed E-state index contributed by atoms with van der Waals surface area (Å²) in [6.45, 7) is 10.3. The summed E-state index contributed by atoms with van der Waals surface area (Å²) in [5, 5.41) is 98.1. The van der Waals surface area contributed by atoms with Gasteiger partial charge in [0, 0.05) is 30.1 Å². The first-order chi connectivity index (χ1) is 28.9. The first-order valence-electron chi connectivity index (χ1n) is 22.9. The molecule has 0 amide bonds. The van der Waals surface area contributed by atoms with E-state index in [4.69, 9.17) is 37.9 Å². The van der Waals surface area contributed by atoms with Crippen LogP contribution in [0, 0.1) is 40.4 Å². The topological polar surface area (TPSA) is 256 Å². The average molecular weight is 871 g/mol. The van der Waals surface area contributed by atoms with E-state index in [1.54, 1.807) is 0 Å². The molecule has 0 aromatic heterocycles. The minimum absolute atomic E-state index is 0.0513. The fourth-order valence-corrected chi connectivity index (χ4v) is 13.7. The zero-order valence-electron chi connectivity index (χ0n) is 36.0. The fourth-order valence-electron chi connectivity index (χ4n) is 13.7. The monoisotopic (exact) mass is 870 g/mol. The van der Waals surface area contributed by atoms with Gasteiger partial charge in [0.2, 0.25) is 0 Å². The van der Waals surface area contributed by atoms with Crippen LogP contribution in [0.1, 0.15) is 92.4 Å². The predicted molar refractivity (Wildman–Crippen MR) is 210 cm³/mol. The summed E-state index contributed by atoms with van der Waals surface area (Å²) in [6.07, 6.45) is -11.8. The molecule has 5 aliphatic heterocycles. The predicted octanol–water partition coefficient (Wildman–Crippen LogP) is -0.0319. The number of aliphatic hydroxyl groups is 9. The lowest BCUT2D eigenvalue weighted by Crippen LogP contribution is -2.66. The van der Waals surface area contributed by atoms with E-state index in [0.29, 0.717) is 31.8 Å². The zero-order valence-corrected chi connectivity index (χ0v) is 36.0. The summed E-state index contributed by atoms with van der Waals surface area (Å²) in [6, 6.07) is 0. The number of allylic oxidation sites excluding steroid dienone is 1. The second kappa shape index (κ2) is 16.4. The van der Waals surface area contributed by atoms with Gasteiger partial charge in [-0.05, 0) is 75.0 Å². The molecule has 25 atom stereocenters. The van der Waals surface area contributed by atoms with Crippen LogP contribution in [0.15, 0.2) is 11.6 Å². The molecule has 9 rings (SSSR count). The van der Waals surface area contributed by atoms with Crippen LogP contribution in [0.3, 0.4) is 0 Å². The van der Waals surface area contributed by atoms with Gasteiger partial charge in [0.05, 0.1) is 43.7 Å². The highest BCUT2D eigenvalue weighted by atomic mass is 16.8. The van der Waals surface area contributed by atoms with E-state index in [-0.39, 0.29) is 47.2 Å². The molecule has 0 aromatic carbocycles. The van der Waals surface area contributed by atoms with Gasteiger partial charge in [0.15, 0.2) is 24.7 Å². The Morgan fingerprint density at radius 1 is 0.738 bits per heavy atom. The minimum atomic E-state index is -1.73. The van der Waals surface area contributed by atoms with Gasteiger partial charge >= 0.3 is 0 Å². The Labute approximate surface area is 357 Å². The Bertz CT molecular complexity index is 1610. The van der Waals surface area contributed by atoms with Crippen LogP contribution in [-0.4, -0.2) is 175 Å². The Balaban J connectivity index is 0.925. The molecule has 0 radical (unpaired) electrons. The molecule has 61 heavy (non-hydrogen) atoms. The summed E-state index contributed by atoms with van der Waals surface area (Å²) < 4.78 is 49.5. The van der Waals surface area contributed by atoms with Crippen LogP contribution in [-0.2, 0) is 37.9 Å². The van der Waals surface area contributed by atoms with Gasteiger partial charge in [-0.1, -0.05) is 39.3 Å². The molecule has 0 unspecified atom stereocenters. The smallest absolute Gasteiger partial charge is 0.187 e. The molecule has 0 bridgehead atoms. The molecule has 8 fully saturated rings. The third-order valence-electron chi connectivity index (χ3n) is 17.5. The van der Waals surface area contributed by atoms with Crippen molar-refractivity contribution in [3.63, 3.8) is 0 Å². The van der Waals surface area contributed by atoms with Crippen molar-refractivity contribution >= 4 is 0 Å². The first-order valence-corrected chi connectivity index (χ1v) is 22.9. The lowest BCUT2D eigenvalue weighted by Gasteiger charge is -2.62. The fraction of sp³-hybridized carbons (Fsp3) is 0.955. The van der Waals surface area contributed by atoms with E-state index in [1.165, 1.54) is 12.5 Å². The maximum atomic E-state index is 13.0. The Morgan fingerprint density at radius 3 is 2.20 bits per heavy atom. The van der Waals surface area contributed by atoms with Crippen LogP contribution < -0.4 is 0 Å². The minimum Gasteiger partial charge on any atom is -0.394 e. The van der Waals surface area contributed by atoms with Crippen molar-refractivity contribution in [3.05, 3.63) is 11.6 Å². The van der Waals surface area contributed by atoms with Crippen LogP contribution >= 0.6 is 0 Å². The van der Waals surface area contributed by atoms with Crippen molar-refractivity contribution in [1.29, 1.82) is 0 Å². The highest BCUT2D eigenvalue weighted by Crippen LogP contribution is 2.72. The highest BCUT2D eigenvalue weighted by Gasteiger charge is 2.74. The van der Waals surface area contributed by atoms with E-state index >= 15 is 0 Å². The number of fused-ring (bicyclic) bond motifs is 7. The maximum Gasteiger partial charge on any atom is 0.187 e.